The Kier molecular flexibility index (Phi) is 5.63. The topological polar surface area (TPSA) is 21.1 Å². The summed E-state index contributed by atoms with van der Waals surface area (Å²) in [6, 6.07) is 3.23. The number of likely N-dealkylation sites (N-methyl/N-ethyl adjacent to an activating group) is 1. The van der Waals surface area contributed by atoms with Gasteiger partial charge < -0.3 is 9.47 Å². The van der Waals surface area contributed by atoms with Crippen LogP contribution in [0.15, 0.2) is 16.6 Å². The van der Waals surface area contributed by atoms with E-state index in [9.17, 15) is 4.39 Å². The van der Waals surface area contributed by atoms with Crippen molar-refractivity contribution in [2.75, 3.05) is 19.6 Å². The molecule has 0 aliphatic heterocycles. The molecule has 0 fully saturated rings. The number of imidazole rings is 1. The number of rotatable bonds is 6. The van der Waals surface area contributed by atoms with Crippen molar-refractivity contribution in [2.24, 2.45) is 0 Å². The maximum absolute atomic E-state index is 13.8. The SMILES string of the molecule is CCN(CC)CCn1c(C(C)Cl)nc2cc(Br)c(F)cc21. The van der Waals surface area contributed by atoms with E-state index in [0.717, 1.165) is 43.0 Å². The van der Waals surface area contributed by atoms with Crippen molar-refractivity contribution in [3.05, 3.63) is 28.2 Å². The molecule has 0 amide bonds. The first-order chi connectivity index (χ1) is 9.97. The van der Waals surface area contributed by atoms with E-state index in [1.165, 1.54) is 6.07 Å². The summed E-state index contributed by atoms with van der Waals surface area (Å²) in [6.07, 6.45) is 0. The molecule has 0 aliphatic carbocycles. The number of fused-ring (bicyclic) bond motifs is 1. The van der Waals surface area contributed by atoms with Gasteiger partial charge in [-0.1, -0.05) is 13.8 Å². The van der Waals surface area contributed by atoms with Gasteiger partial charge in [-0.3, -0.25) is 0 Å². The molecular formula is C15H20BrClFN3. The van der Waals surface area contributed by atoms with Crippen molar-refractivity contribution in [1.29, 1.82) is 0 Å². The third-order valence-corrected chi connectivity index (χ3v) is 4.51. The van der Waals surface area contributed by atoms with Crippen molar-refractivity contribution in [1.82, 2.24) is 14.5 Å². The minimum atomic E-state index is -0.278. The molecule has 0 aliphatic rings. The number of hydrogen-bond donors (Lipinski definition) is 0. The van der Waals surface area contributed by atoms with Gasteiger partial charge >= 0.3 is 0 Å². The van der Waals surface area contributed by atoms with Crippen LogP contribution in [0.1, 0.15) is 32.0 Å². The Labute approximate surface area is 138 Å². The quantitative estimate of drug-likeness (QED) is 0.688. The molecule has 0 N–H and O–H groups in total. The van der Waals surface area contributed by atoms with Crippen LogP contribution in [-0.2, 0) is 6.54 Å². The van der Waals surface area contributed by atoms with Gasteiger partial charge in [-0.2, -0.15) is 0 Å². The van der Waals surface area contributed by atoms with E-state index < -0.39 is 0 Å². The molecule has 1 heterocycles. The lowest BCUT2D eigenvalue weighted by molar-refractivity contribution is 0.290. The minimum Gasteiger partial charge on any atom is -0.325 e. The van der Waals surface area contributed by atoms with E-state index in [1.807, 2.05) is 11.5 Å². The summed E-state index contributed by atoms with van der Waals surface area (Å²) < 4.78 is 16.3. The molecule has 0 spiro atoms. The van der Waals surface area contributed by atoms with Crippen molar-refractivity contribution in [3.8, 4) is 0 Å². The predicted molar refractivity (Wildman–Crippen MR) is 89.4 cm³/mol. The van der Waals surface area contributed by atoms with E-state index >= 15 is 0 Å². The van der Waals surface area contributed by atoms with Gasteiger partial charge in [0, 0.05) is 19.2 Å². The predicted octanol–water partition coefficient (Wildman–Crippen LogP) is 4.58. The number of nitrogens with zero attached hydrogens (tertiary/aromatic N) is 3. The van der Waals surface area contributed by atoms with Crippen LogP contribution in [0.4, 0.5) is 4.39 Å². The van der Waals surface area contributed by atoms with Gasteiger partial charge in [0.15, 0.2) is 0 Å². The number of hydrogen-bond acceptors (Lipinski definition) is 2. The molecule has 6 heteroatoms. The first-order valence-electron chi connectivity index (χ1n) is 7.19. The van der Waals surface area contributed by atoms with Gasteiger partial charge in [0.1, 0.15) is 11.6 Å². The fourth-order valence-corrected chi connectivity index (χ4v) is 2.96. The van der Waals surface area contributed by atoms with Crippen molar-refractivity contribution >= 4 is 38.6 Å². The van der Waals surface area contributed by atoms with Gasteiger partial charge in [0.25, 0.3) is 0 Å². The van der Waals surface area contributed by atoms with E-state index in [2.05, 4.69) is 39.7 Å². The minimum absolute atomic E-state index is 0.212. The number of benzene rings is 1. The Balaban J connectivity index is 2.43. The lowest BCUT2D eigenvalue weighted by atomic mass is 10.3. The van der Waals surface area contributed by atoms with E-state index in [4.69, 9.17) is 11.6 Å². The third-order valence-electron chi connectivity index (χ3n) is 3.71. The van der Waals surface area contributed by atoms with Crippen LogP contribution in [0.2, 0.25) is 0 Å². The number of aromatic nitrogens is 2. The number of alkyl halides is 1. The highest BCUT2D eigenvalue weighted by atomic mass is 79.9. The smallest absolute Gasteiger partial charge is 0.139 e. The molecule has 0 saturated heterocycles. The summed E-state index contributed by atoms with van der Waals surface area (Å²) in [4.78, 5) is 6.88. The molecule has 1 atom stereocenters. The van der Waals surface area contributed by atoms with E-state index in [1.54, 1.807) is 6.07 Å². The normalized spacial score (nSPS) is 13.3. The van der Waals surface area contributed by atoms with Gasteiger partial charge in [-0.05, 0) is 42.0 Å². The van der Waals surface area contributed by atoms with Gasteiger partial charge in [0.2, 0.25) is 0 Å². The van der Waals surface area contributed by atoms with Crippen molar-refractivity contribution < 1.29 is 4.39 Å². The Bertz CT molecular complexity index is 623. The fraction of sp³-hybridized carbons (Fsp3) is 0.533. The molecule has 0 radical (unpaired) electrons. The summed E-state index contributed by atoms with van der Waals surface area (Å²) in [5, 5.41) is -0.212. The van der Waals surface area contributed by atoms with Crippen LogP contribution in [0.25, 0.3) is 11.0 Å². The lowest BCUT2D eigenvalue weighted by Gasteiger charge is -2.19. The largest absolute Gasteiger partial charge is 0.325 e. The summed E-state index contributed by atoms with van der Waals surface area (Å²) in [6.45, 7) is 9.80. The zero-order chi connectivity index (χ0) is 15.6. The van der Waals surface area contributed by atoms with Crippen LogP contribution in [0.5, 0.6) is 0 Å². The molecule has 0 bridgehead atoms. The van der Waals surface area contributed by atoms with Gasteiger partial charge in [0.05, 0.1) is 20.9 Å². The second-order valence-electron chi connectivity index (χ2n) is 5.02. The standard InChI is InChI=1S/C15H20BrClFN3/c1-4-20(5-2)6-7-21-14-9-12(18)11(16)8-13(14)19-15(21)10(3)17/h8-10H,4-7H2,1-3H3. The Hall–Kier alpha value is -0.650. The molecule has 21 heavy (non-hydrogen) atoms. The number of halogens is 3. The average Bonchev–Trinajstić information content (AvgIpc) is 2.79. The Morgan fingerprint density at radius 3 is 2.62 bits per heavy atom. The van der Waals surface area contributed by atoms with Crippen LogP contribution < -0.4 is 0 Å². The second-order valence-corrected chi connectivity index (χ2v) is 6.53. The Morgan fingerprint density at radius 1 is 1.38 bits per heavy atom. The molecule has 1 aromatic carbocycles. The summed E-state index contributed by atoms with van der Waals surface area (Å²) in [5.74, 6) is 0.511. The van der Waals surface area contributed by atoms with Crippen LogP contribution in [-0.4, -0.2) is 34.1 Å². The summed E-state index contributed by atoms with van der Waals surface area (Å²) in [7, 11) is 0. The highest BCUT2D eigenvalue weighted by Gasteiger charge is 2.17. The molecule has 2 rings (SSSR count). The van der Waals surface area contributed by atoms with E-state index in [0.29, 0.717) is 4.47 Å². The van der Waals surface area contributed by atoms with Gasteiger partial charge in [-0.25, -0.2) is 9.37 Å². The zero-order valence-corrected chi connectivity index (χ0v) is 14.9. The zero-order valence-electron chi connectivity index (χ0n) is 12.5. The summed E-state index contributed by atoms with van der Waals surface area (Å²) >= 11 is 9.45. The van der Waals surface area contributed by atoms with Crippen LogP contribution in [0.3, 0.4) is 0 Å². The lowest BCUT2D eigenvalue weighted by Crippen LogP contribution is -2.27. The molecule has 1 aromatic heterocycles. The maximum atomic E-state index is 13.8. The van der Waals surface area contributed by atoms with Crippen LogP contribution >= 0.6 is 27.5 Å². The maximum Gasteiger partial charge on any atom is 0.139 e. The third kappa shape index (κ3) is 3.58. The molecule has 0 saturated carbocycles. The average molecular weight is 377 g/mol. The molecule has 3 nitrogen and oxygen atoms in total. The highest BCUT2D eigenvalue weighted by Crippen LogP contribution is 2.28. The molecule has 1 unspecified atom stereocenters. The molecular weight excluding hydrogens is 357 g/mol. The van der Waals surface area contributed by atoms with Crippen LogP contribution in [0, 0.1) is 5.82 Å². The second kappa shape index (κ2) is 7.07. The monoisotopic (exact) mass is 375 g/mol. The Morgan fingerprint density at radius 2 is 2.05 bits per heavy atom. The van der Waals surface area contributed by atoms with Crippen molar-refractivity contribution in [3.63, 3.8) is 0 Å². The summed E-state index contributed by atoms with van der Waals surface area (Å²) in [5.41, 5.74) is 1.57. The molecule has 116 valence electrons. The van der Waals surface area contributed by atoms with Crippen molar-refractivity contribution in [2.45, 2.75) is 32.7 Å². The fourth-order valence-electron chi connectivity index (χ4n) is 2.46. The first kappa shape index (κ1) is 16.7. The first-order valence-corrected chi connectivity index (χ1v) is 8.42. The molecule has 2 aromatic rings. The van der Waals surface area contributed by atoms with E-state index in [-0.39, 0.29) is 11.2 Å². The van der Waals surface area contributed by atoms with Gasteiger partial charge in [-0.15, -0.1) is 11.6 Å². The highest BCUT2D eigenvalue weighted by molar-refractivity contribution is 9.10.